The summed E-state index contributed by atoms with van der Waals surface area (Å²) in [6, 6.07) is 12.5. The fourth-order valence-electron chi connectivity index (χ4n) is 2.81. The van der Waals surface area contributed by atoms with E-state index in [1.165, 1.54) is 12.1 Å². The molecule has 1 atom stereocenters. The van der Waals surface area contributed by atoms with Gasteiger partial charge in [-0.1, -0.05) is 62.2 Å². The molecule has 0 aliphatic heterocycles. The number of nitrogens with zero attached hydrogens (tertiary/aromatic N) is 2. The van der Waals surface area contributed by atoms with Gasteiger partial charge in [0, 0.05) is 20.9 Å². The van der Waals surface area contributed by atoms with Crippen LogP contribution in [0.15, 0.2) is 65.2 Å². The number of alkyl halides is 1. The van der Waals surface area contributed by atoms with E-state index in [2.05, 4.69) is 44.0 Å². The molecular weight excluding hydrogens is 447 g/mol. The number of rotatable bonds is 2. The van der Waals surface area contributed by atoms with Crippen LogP contribution >= 0.6 is 31.9 Å². The monoisotopic (exact) mass is 458 g/mol. The Labute approximate surface area is 161 Å². The Morgan fingerprint density at radius 1 is 0.960 bits per heavy atom. The molecule has 1 aromatic heterocycles. The van der Waals surface area contributed by atoms with E-state index in [9.17, 15) is 4.39 Å². The maximum atomic E-state index is 13.6. The van der Waals surface area contributed by atoms with Crippen LogP contribution in [-0.2, 0) is 0 Å². The third-order valence-electron chi connectivity index (χ3n) is 4.06. The summed E-state index contributed by atoms with van der Waals surface area (Å²) in [6.45, 7) is 0. The SMILES string of the molecule is Fc1ccc2nc(-c3ccc(Br)cc3)c(C3=CCC(Br)C=C3)nc2c1. The van der Waals surface area contributed by atoms with Crippen molar-refractivity contribution in [3.8, 4) is 11.3 Å². The van der Waals surface area contributed by atoms with Crippen LogP contribution in [0.4, 0.5) is 4.39 Å². The molecule has 1 aliphatic rings. The van der Waals surface area contributed by atoms with E-state index in [0.717, 1.165) is 33.4 Å². The summed E-state index contributed by atoms with van der Waals surface area (Å²) in [4.78, 5) is 9.85. The molecule has 0 amide bonds. The minimum atomic E-state index is -0.308. The maximum absolute atomic E-state index is 13.6. The smallest absolute Gasteiger partial charge is 0.125 e. The molecule has 5 heteroatoms. The average Bonchev–Trinajstić information content (AvgIpc) is 2.62. The summed E-state index contributed by atoms with van der Waals surface area (Å²) in [5, 5.41) is 0. The second kappa shape index (κ2) is 6.81. The van der Waals surface area contributed by atoms with E-state index >= 15 is 0 Å². The van der Waals surface area contributed by atoms with Crippen molar-refractivity contribution in [2.24, 2.45) is 0 Å². The van der Waals surface area contributed by atoms with Gasteiger partial charge in [0.25, 0.3) is 0 Å². The molecular formula is C20H13Br2FN2. The zero-order valence-corrected chi connectivity index (χ0v) is 16.3. The van der Waals surface area contributed by atoms with E-state index in [1.807, 2.05) is 30.3 Å². The van der Waals surface area contributed by atoms with Gasteiger partial charge in [0.15, 0.2) is 0 Å². The van der Waals surface area contributed by atoms with Crippen LogP contribution in [0, 0.1) is 5.82 Å². The Bertz CT molecular complexity index is 1010. The van der Waals surface area contributed by atoms with Crippen molar-refractivity contribution in [1.82, 2.24) is 9.97 Å². The normalized spacial score (nSPS) is 16.9. The van der Waals surface area contributed by atoms with Crippen molar-refractivity contribution in [2.45, 2.75) is 11.2 Å². The lowest BCUT2D eigenvalue weighted by atomic mass is 9.99. The average molecular weight is 460 g/mol. The van der Waals surface area contributed by atoms with Crippen molar-refractivity contribution in [3.63, 3.8) is 0 Å². The number of halogens is 3. The lowest BCUT2D eigenvalue weighted by Crippen LogP contribution is -2.02. The Morgan fingerprint density at radius 2 is 1.72 bits per heavy atom. The molecule has 0 fully saturated rings. The Kier molecular flexibility index (Phi) is 4.52. The molecule has 1 aliphatic carbocycles. The zero-order valence-electron chi connectivity index (χ0n) is 13.1. The third-order valence-corrected chi connectivity index (χ3v) is 5.27. The highest BCUT2D eigenvalue weighted by molar-refractivity contribution is 9.10. The lowest BCUT2D eigenvalue weighted by molar-refractivity contribution is 0.629. The minimum Gasteiger partial charge on any atom is -0.244 e. The third kappa shape index (κ3) is 3.44. The summed E-state index contributed by atoms with van der Waals surface area (Å²) in [5.74, 6) is -0.308. The van der Waals surface area contributed by atoms with Gasteiger partial charge in [0.05, 0.1) is 22.4 Å². The molecule has 124 valence electrons. The predicted molar refractivity (Wildman–Crippen MR) is 107 cm³/mol. The molecule has 2 nitrogen and oxygen atoms in total. The van der Waals surface area contributed by atoms with Gasteiger partial charge in [0.2, 0.25) is 0 Å². The van der Waals surface area contributed by atoms with Gasteiger partial charge in [-0.25, -0.2) is 14.4 Å². The first-order valence-corrected chi connectivity index (χ1v) is 9.57. The van der Waals surface area contributed by atoms with Crippen LogP contribution in [0.2, 0.25) is 0 Å². The maximum Gasteiger partial charge on any atom is 0.125 e. The van der Waals surface area contributed by atoms with Crippen LogP contribution in [0.3, 0.4) is 0 Å². The molecule has 0 saturated heterocycles. The van der Waals surface area contributed by atoms with Gasteiger partial charge >= 0.3 is 0 Å². The summed E-state index contributed by atoms with van der Waals surface area (Å²) < 4.78 is 14.6. The highest BCUT2D eigenvalue weighted by Gasteiger charge is 2.16. The molecule has 4 rings (SSSR count). The number of aromatic nitrogens is 2. The molecule has 0 radical (unpaired) electrons. The number of fused-ring (bicyclic) bond motifs is 1. The molecule has 25 heavy (non-hydrogen) atoms. The van der Waals surface area contributed by atoms with Gasteiger partial charge in [-0.05, 0) is 36.3 Å². The summed E-state index contributed by atoms with van der Waals surface area (Å²) >= 11 is 7.05. The van der Waals surface area contributed by atoms with Crippen molar-refractivity contribution in [1.29, 1.82) is 0 Å². The van der Waals surface area contributed by atoms with Gasteiger partial charge in [-0.3, -0.25) is 0 Å². The predicted octanol–water partition coefficient (Wildman–Crippen LogP) is 6.31. The van der Waals surface area contributed by atoms with Crippen molar-refractivity contribution < 1.29 is 4.39 Å². The largest absolute Gasteiger partial charge is 0.244 e. The summed E-state index contributed by atoms with van der Waals surface area (Å²) in [7, 11) is 0. The van der Waals surface area contributed by atoms with Gasteiger partial charge < -0.3 is 0 Å². The number of benzene rings is 2. The molecule has 0 N–H and O–H groups in total. The van der Waals surface area contributed by atoms with Gasteiger partial charge in [-0.15, -0.1) is 0 Å². The molecule has 3 aromatic rings. The fourth-order valence-corrected chi connectivity index (χ4v) is 3.41. The van der Waals surface area contributed by atoms with Crippen LogP contribution < -0.4 is 0 Å². The van der Waals surface area contributed by atoms with Crippen LogP contribution in [0.25, 0.3) is 27.9 Å². The number of allylic oxidation sites excluding steroid dienone is 4. The first-order valence-electron chi connectivity index (χ1n) is 7.86. The molecule has 0 bridgehead atoms. The highest BCUT2D eigenvalue weighted by Crippen LogP contribution is 2.32. The number of hydrogen-bond acceptors (Lipinski definition) is 2. The standard InChI is InChI=1S/C20H13Br2FN2/c21-14-5-1-12(2-6-14)19-20(13-3-7-15(22)8-4-13)25-18-11-16(23)9-10-17(18)24-19/h1-7,9-11,15H,8H2. The van der Waals surface area contributed by atoms with Crippen LogP contribution in [-0.4, -0.2) is 14.8 Å². The molecule has 0 spiro atoms. The number of hydrogen-bond donors (Lipinski definition) is 0. The lowest BCUT2D eigenvalue weighted by Gasteiger charge is -2.15. The van der Waals surface area contributed by atoms with Crippen molar-refractivity contribution >= 4 is 48.5 Å². The van der Waals surface area contributed by atoms with Gasteiger partial charge in [0.1, 0.15) is 5.82 Å². The zero-order chi connectivity index (χ0) is 17.4. The Hall–Kier alpha value is -1.85. The molecule has 2 aromatic carbocycles. The Morgan fingerprint density at radius 3 is 2.44 bits per heavy atom. The van der Waals surface area contributed by atoms with Gasteiger partial charge in [-0.2, -0.15) is 0 Å². The molecule has 0 saturated carbocycles. The topological polar surface area (TPSA) is 25.8 Å². The van der Waals surface area contributed by atoms with E-state index in [1.54, 1.807) is 6.07 Å². The van der Waals surface area contributed by atoms with Crippen molar-refractivity contribution in [3.05, 3.63) is 76.7 Å². The Balaban J connectivity index is 1.95. The second-order valence-electron chi connectivity index (χ2n) is 5.83. The highest BCUT2D eigenvalue weighted by atomic mass is 79.9. The van der Waals surface area contributed by atoms with E-state index in [-0.39, 0.29) is 5.82 Å². The first kappa shape index (κ1) is 16.6. The first-order chi connectivity index (χ1) is 12.1. The van der Waals surface area contributed by atoms with E-state index in [4.69, 9.17) is 9.97 Å². The second-order valence-corrected chi connectivity index (χ2v) is 7.92. The summed E-state index contributed by atoms with van der Waals surface area (Å²) in [6.07, 6.45) is 7.16. The van der Waals surface area contributed by atoms with Crippen LogP contribution in [0.1, 0.15) is 12.1 Å². The van der Waals surface area contributed by atoms with E-state index in [0.29, 0.717) is 15.9 Å². The fraction of sp³-hybridized carbons (Fsp3) is 0.100. The molecule has 1 unspecified atom stereocenters. The quantitative estimate of drug-likeness (QED) is 0.420. The summed E-state index contributed by atoms with van der Waals surface area (Å²) in [5.41, 5.74) is 4.80. The minimum absolute atomic E-state index is 0.308. The van der Waals surface area contributed by atoms with Crippen LogP contribution in [0.5, 0.6) is 0 Å². The van der Waals surface area contributed by atoms with Crippen molar-refractivity contribution in [2.75, 3.05) is 0 Å². The van der Waals surface area contributed by atoms with E-state index < -0.39 is 0 Å². The molecule has 1 heterocycles.